The third-order valence-corrected chi connectivity index (χ3v) is 3.74. The Bertz CT molecular complexity index is 645. The van der Waals surface area contributed by atoms with Crippen molar-refractivity contribution in [3.63, 3.8) is 0 Å². The standard InChI is InChI=1S/C14H13N3OS/c1-18-11-4-2-10(3-5-11)9-19-14-16-12-6-7-15-8-13(12)17-14/h2-8H,9H2,1H3,(H,16,17). The van der Waals surface area contributed by atoms with Crippen LogP contribution in [0.5, 0.6) is 5.75 Å². The quantitative estimate of drug-likeness (QED) is 0.740. The van der Waals surface area contributed by atoms with E-state index in [1.54, 1.807) is 31.3 Å². The Morgan fingerprint density at radius 2 is 2.05 bits per heavy atom. The van der Waals surface area contributed by atoms with Crippen LogP contribution in [0.25, 0.3) is 11.0 Å². The first-order valence-electron chi connectivity index (χ1n) is 5.90. The van der Waals surface area contributed by atoms with Gasteiger partial charge in [-0.25, -0.2) is 4.98 Å². The first-order chi connectivity index (χ1) is 9.35. The molecule has 3 rings (SSSR count). The van der Waals surface area contributed by atoms with Crippen LogP contribution in [0.2, 0.25) is 0 Å². The molecule has 19 heavy (non-hydrogen) atoms. The molecule has 2 aromatic heterocycles. The van der Waals surface area contributed by atoms with Gasteiger partial charge in [0.15, 0.2) is 5.16 Å². The Morgan fingerprint density at radius 1 is 1.21 bits per heavy atom. The van der Waals surface area contributed by atoms with Crippen LogP contribution in [0.15, 0.2) is 47.9 Å². The molecule has 0 amide bonds. The van der Waals surface area contributed by atoms with Crippen molar-refractivity contribution in [1.29, 1.82) is 0 Å². The van der Waals surface area contributed by atoms with Crippen LogP contribution in [0.3, 0.4) is 0 Å². The average molecular weight is 271 g/mol. The predicted molar refractivity (Wildman–Crippen MR) is 76.4 cm³/mol. The van der Waals surface area contributed by atoms with E-state index in [1.807, 2.05) is 18.2 Å². The van der Waals surface area contributed by atoms with Crippen molar-refractivity contribution in [3.8, 4) is 5.75 Å². The number of thioether (sulfide) groups is 1. The van der Waals surface area contributed by atoms with Gasteiger partial charge in [-0.1, -0.05) is 23.9 Å². The summed E-state index contributed by atoms with van der Waals surface area (Å²) in [6.45, 7) is 0. The van der Waals surface area contributed by atoms with E-state index < -0.39 is 0 Å². The van der Waals surface area contributed by atoms with Crippen LogP contribution in [0.4, 0.5) is 0 Å². The van der Waals surface area contributed by atoms with Crippen molar-refractivity contribution in [3.05, 3.63) is 48.3 Å². The van der Waals surface area contributed by atoms with Crippen molar-refractivity contribution in [2.45, 2.75) is 10.9 Å². The lowest BCUT2D eigenvalue weighted by Crippen LogP contribution is -1.84. The van der Waals surface area contributed by atoms with E-state index in [0.717, 1.165) is 27.7 Å². The second-order valence-corrected chi connectivity index (χ2v) is 5.04. The smallest absolute Gasteiger partial charge is 0.166 e. The summed E-state index contributed by atoms with van der Waals surface area (Å²) in [7, 11) is 1.67. The second-order valence-electron chi connectivity index (χ2n) is 4.07. The predicted octanol–water partition coefficient (Wildman–Crippen LogP) is 3.26. The number of H-pyrrole nitrogens is 1. The fourth-order valence-corrected chi connectivity index (χ4v) is 2.62. The molecule has 0 aliphatic carbocycles. The molecule has 4 nitrogen and oxygen atoms in total. The number of hydrogen-bond acceptors (Lipinski definition) is 4. The molecule has 0 aliphatic rings. The first kappa shape index (κ1) is 12.0. The van der Waals surface area contributed by atoms with Crippen LogP contribution in [0.1, 0.15) is 5.56 Å². The molecule has 0 unspecified atom stereocenters. The first-order valence-corrected chi connectivity index (χ1v) is 6.89. The number of nitrogens with zero attached hydrogens (tertiary/aromatic N) is 2. The van der Waals surface area contributed by atoms with Gasteiger partial charge in [0.25, 0.3) is 0 Å². The van der Waals surface area contributed by atoms with Gasteiger partial charge in [-0.3, -0.25) is 4.98 Å². The number of ether oxygens (including phenoxy) is 1. The number of nitrogens with one attached hydrogen (secondary N) is 1. The summed E-state index contributed by atoms with van der Waals surface area (Å²) in [5.74, 6) is 1.75. The van der Waals surface area contributed by atoms with E-state index in [1.165, 1.54) is 5.56 Å². The van der Waals surface area contributed by atoms with E-state index in [2.05, 4.69) is 27.1 Å². The van der Waals surface area contributed by atoms with Gasteiger partial charge in [-0.15, -0.1) is 0 Å². The molecule has 96 valence electrons. The lowest BCUT2D eigenvalue weighted by Gasteiger charge is -2.01. The molecule has 0 fully saturated rings. The molecule has 0 radical (unpaired) electrons. The van der Waals surface area contributed by atoms with Gasteiger partial charge in [0.2, 0.25) is 0 Å². The number of aromatic amines is 1. The minimum atomic E-state index is 0.872. The minimum Gasteiger partial charge on any atom is -0.497 e. The lowest BCUT2D eigenvalue weighted by molar-refractivity contribution is 0.414. The van der Waals surface area contributed by atoms with E-state index in [9.17, 15) is 0 Å². The Hall–Kier alpha value is -2.01. The summed E-state index contributed by atoms with van der Waals surface area (Å²) in [4.78, 5) is 11.8. The van der Waals surface area contributed by atoms with Crippen molar-refractivity contribution in [2.24, 2.45) is 0 Å². The number of pyridine rings is 1. The largest absolute Gasteiger partial charge is 0.497 e. The molecule has 0 bridgehead atoms. The fourth-order valence-electron chi connectivity index (χ4n) is 1.78. The number of benzene rings is 1. The van der Waals surface area contributed by atoms with Gasteiger partial charge in [0, 0.05) is 11.9 Å². The highest BCUT2D eigenvalue weighted by molar-refractivity contribution is 7.98. The van der Waals surface area contributed by atoms with Gasteiger partial charge in [0.1, 0.15) is 11.3 Å². The molecule has 0 saturated heterocycles. The zero-order valence-electron chi connectivity index (χ0n) is 10.5. The topological polar surface area (TPSA) is 50.8 Å². The number of fused-ring (bicyclic) bond motifs is 1. The Kier molecular flexibility index (Phi) is 3.37. The van der Waals surface area contributed by atoms with Crippen molar-refractivity contribution in [2.75, 3.05) is 7.11 Å². The molecule has 3 aromatic rings. The van der Waals surface area contributed by atoms with Crippen LogP contribution in [-0.4, -0.2) is 22.1 Å². The van der Waals surface area contributed by atoms with Gasteiger partial charge in [-0.05, 0) is 23.8 Å². The maximum absolute atomic E-state index is 5.14. The number of imidazole rings is 1. The average Bonchev–Trinajstić information content (AvgIpc) is 2.88. The van der Waals surface area contributed by atoms with Crippen LogP contribution >= 0.6 is 11.8 Å². The summed E-state index contributed by atoms with van der Waals surface area (Å²) in [6.07, 6.45) is 3.53. The van der Waals surface area contributed by atoms with Crippen LogP contribution in [-0.2, 0) is 5.75 Å². The molecule has 0 saturated carbocycles. The fraction of sp³-hybridized carbons (Fsp3) is 0.143. The summed E-state index contributed by atoms with van der Waals surface area (Å²) < 4.78 is 5.14. The third kappa shape index (κ3) is 2.71. The highest BCUT2D eigenvalue weighted by Gasteiger charge is 2.03. The summed E-state index contributed by atoms with van der Waals surface area (Å²) >= 11 is 1.68. The number of methoxy groups -OCH3 is 1. The summed E-state index contributed by atoms with van der Waals surface area (Å²) in [6, 6.07) is 10.0. The van der Waals surface area contributed by atoms with E-state index in [-0.39, 0.29) is 0 Å². The highest BCUT2D eigenvalue weighted by Crippen LogP contribution is 2.23. The number of hydrogen-bond donors (Lipinski definition) is 1. The maximum atomic E-state index is 5.14. The zero-order chi connectivity index (χ0) is 13.1. The monoisotopic (exact) mass is 271 g/mol. The van der Waals surface area contributed by atoms with E-state index in [4.69, 9.17) is 4.74 Å². The summed E-state index contributed by atoms with van der Waals surface area (Å²) in [5, 5.41) is 0.916. The Labute approximate surface area is 115 Å². The molecule has 0 atom stereocenters. The van der Waals surface area contributed by atoms with Gasteiger partial charge >= 0.3 is 0 Å². The molecule has 1 aromatic carbocycles. The van der Waals surface area contributed by atoms with Crippen molar-refractivity contribution >= 4 is 22.8 Å². The second kappa shape index (κ2) is 5.32. The summed E-state index contributed by atoms with van der Waals surface area (Å²) in [5.41, 5.74) is 3.16. The third-order valence-electron chi connectivity index (χ3n) is 2.80. The molecular weight excluding hydrogens is 258 g/mol. The van der Waals surface area contributed by atoms with E-state index in [0.29, 0.717) is 0 Å². The van der Waals surface area contributed by atoms with Crippen molar-refractivity contribution in [1.82, 2.24) is 15.0 Å². The van der Waals surface area contributed by atoms with Crippen molar-refractivity contribution < 1.29 is 4.74 Å². The molecule has 2 heterocycles. The van der Waals surface area contributed by atoms with Crippen LogP contribution < -0.4 is 4.74 Å². The van der Waals surface area contributed by atoms with Crippen LogP contribution in [0, 0.1) is 0 Å². The number of rotatable bonds is 4. The van der Waals surface area contributed by atoms with E-state index >= 15 is 0 Å². The SMILES string of the molecule is COc1ccc(CSc2nc3cnccc3[nH]2)cc1. The number of aromatic nitrogens is 3. The van der Waals surface area contributed by atoms with Gasteiger partial charge < -0.3 is 9.72 Å². The minimum absolute atomic E-state index is 0.872. The molecule has 5 heteroatoms. The van der Waals surface area contributed by atoms with Gasteiger partial charge in [-0.2, -0.15) is 0 Å². The maximum Gasteiger partial charge on any atom is 0.166 e. The lowest BCUT2D eigenvalue weighted by atomic mass is 10.2. The highest BCUT2D eigenvalue weighted by atomic mass is 32.2. The van der Waals surface area contributed by atoms with Gasteiger partial charge in [0.05, 0.1) is 18.8 Å². The molecule has 0 spiro atoms. The normalized spacial score (nSPS) is 10.8. The Morgan fingerprint density at radius 3 is 2.79 bits per heavy atom. The molecule has 0 aliphatic heterocycles. The zero-order valence-corrected chi connectivity index (χ0v) is 11.3. The molecule has 1 N–H and O–H groups in total. The Balaban J connectivity index is 1.70. The molecular formula is C14H13N3OS.